The fraction of sp³-hybridized carbons (Fsp3) is 0.438. The molecule has 2 aliphatic rings. The molecule has 134 valence electrons. The number of aromatic nitrogens is 1. The van der Waals surface area contributed by atoms with Gasteiger partial charge in [0.1, 0.15) is 12.1 Å². The number of nitrogens with zero attached hydrogens (tertiary/aromatic N) is 1. The van der Waals surface area contributed by atoms with Crippen molar-refractivity contribution >= 4 is 28.4 Å². The van der Waals surface area contributed by atoms with Gasteiger partial charge in [0.2, 0.25) is 5.91 Å². The number of fused-ring (bicyclic) bond motifs is 3. The Morgan fingerprint density at radius 1 is 1.28 bits per heavy atom. The highest BCUT2D eigenvalue weighted by Gasteiger charge is 2.46. The van der Waals surface area contributed by atoms with E-state index < -0.39 is 18.3 Å². The molecule has 2 aliphatic heterocycles. The Labute approximate surface area is 146 Å². The van der Waals surface area contributed by atoms with Gasteiger partial charge in [-0.25, -0.2) is 10.9 Å². The van der Waals surface area contributed by atoms with Gasteiger partial charge in [-0.15, -0.1) is 0 Å². The molecule has 2 atom stereocenters. The van der Waals surface area contributed by atoms with Crippen molar-refractivity contribution in [3.8, 4) is 0 Å². The lowest BCUT2D eigenvalue weighted by atomic mass is 10.0. The van der Waals surface area contributed by atoms with E-state index in [1.54, 1.807) is 11.0 Å². The second-order valence-corrected chi connectivity index (χ2v) is 6.89. The fourth-order valence-corrected chi connectivity index (χ4v) is 3.70. The fourth-order valence-electron chi connectivity index (χ4n) is 3.53. The largest absolute Gasteiger partial charge is 0.405 e. The number of hydrogen-bond acceptors (Lipinski definition) is 3. The molecule has 9 heteroatoms. The third-order valence-electron chi connectivity index (χ3n) is 4.85. The first-order valence-electron chi connectivity index (χ1n) is 7.98. The second kappa shape index (κ2) is 5.89. The number of benzene rings is 1. The average Bonchev–Trinajstić information content (AvgIpc) is 3.18. The topological polar surface area (TPSA) is 60.2 Å². The van der Waals surface area contributed by atoms with E-state index in [1.165, 1.54) is 0 Å². The van der Waals surface area contributed by atoms with Gasteiger partial charge < -0.3 is 9.88 Å². The van der Waals surface area contributed by atoms with Crippen LogP contribution in [0.1, 0.15) is 17.7 Å². The molecule has 1 fully saturated rings. The second-order valence-electron chi connectivity index (χ2n) is 6.45. The molecule has 0 spiro atoms. The van der Waals surface area contributed by atoms with Crippen LogP contribution in [0.15, 0.2) is 18.2 Å². The number of rotatable bonds is 1. The van der Waals surface area contributed by atoms with Gasteiger partial charge in [-0.2, -0.15) is 13.2 Å². The molecule has 1 amide bonds. The third-order valence-corrected chi connectivity index (χ3v) is 5.08. The Morgan fingerprint density at radius 2 is 2.08 bits per heavy atom. The molecular weight excluding hydrogens is 357 g/mol. The summed E-state index contributed by atoms with van der Waals surface area (Å²) in [6, 6.07) is 2.95. The summed E-state index contributed by atoms with van der Waals surface area (Å²) in [5.74, 6) is -0.318. The van der Waals surface area contributed by atoms with E-state index >= 15 is 0 Å². The van der Waals surface area contributed by atoms with Crippen molar-refractivity contribution < 1.29 is 18.0 Å². The summed E-state index contributed by atoms with van der Waals surface area (Å²) >= 11 is 6.06. The monoisotopic (exact) mass is 372 g/mol. The Hall–Kier alpha value is -1.77. The molecule has 0 aliphatic carbocycles. The normalized spacial score (nSPS) is 23.9. The molecule has 1 aromatic carbocycles. The van der Waals surface area contributed by atoms with Gasteiger partial charge in [-0.1, -0.05) is 11.6 Å². The first-order valence-corrected chi connectivity index (χ1v) is 8.36. The SMILES string of the molecule is O=C(C1CC(C(F)(F)F)NN1)N1CCc2[nH]c3ccc(Cl)cc3c2C1. The minimum Gasteiger partial charge on any atom is -0.358 e. The first-order chi connectivity index (χ1) is 11.8. The zero-order valence-electron chi connectivity index (χ0n) is 13.1. The molecular formula is C16H16ClF3N4O. The Bertz CT molecular complexity index is 835. The van der Waals surface area contributed by atoms with E-state index in [1.807, 2.05) is 12.1 Å². The lowest BCUT2D eigenvalue weighted by molar-refractivity contribution is -0.153. The van der Waals surface area contributed by atoms with Crippen molar-refractivity contribution in [2.24, 2.45) is 0 Å². The van der Waals surface area contributed by atoms with E-state index in [9.17, 15) is 18.0 Å². The predicted molar refractivity (Wildman–Crippen MR) is 86.9 cm³/mol. The molecule has 2 unspecified atom stereocenters. The molecule has 0 saturated carbocycles. The predicted octanol–water partition coefficient (Wildman–Crippen LogP) is 2.50. The summed E-state index contributed by atoms with van der Waals surface area (Å²) in [6.45, 7) is 0.838. The molecule has 1 aromatic heterocycles. The number of carbonyl (C=O) groups excluding carboxylic acids is 1. The number of carbonyl (C=O) groups is 1. The number of alkyl halides is 3. The number of amides is 1. The molecule has 4 rings (SSSR count). The van der Waals surface area contributed by atoms with Crippen molar-refractivity contribution in [2.75, 3.05) is 6.54 Å². The van der Waals surface area contributed by atoms with Gasteiger partial charge in [0, 0.05) is 46.7 Å². The summed E-state index contributed by atoms with van der Waals surface area (Å²) < 4.78 is 38.3. The van der Waals surface area contributed by atoms with Crippen LogP contribution in [0.5, 0.6) is 0 Å². The standard InChI is InChI=1S/C16H16ClF3N4O/c17-8-1-2-11-9(5-8)10-7-24(4-3-12(10)21-11)15(25)13-6-14(23-22-13)16(18,19)20/h1-2,5,13-14,21-23H,3-4,6-7H2. The van der Waals surface area contributed by atoms with Gasteiger partial charge in [-0.05, 0) is 24.6 Å². The van der Waals surface area contributed by atoms with Crippen molar-refractivity contribution in [1.82, 2.24) is 20.7 Å². The van der Waals surface area contributed by atoms with Crippen LogP contribution in [0.3, 0.4) is 0 Å². The average molecular weight is 373 g/mol. The van der Waals surface area contributed by atoms with Crippen molar-refractivity contribution in [3.63, 3.8) is 0 Å². The van der Waals surface area contributed by atoms with Crippen LogP contribution in [-0.2, 0) is 17.8 Å². The van der Waals surface area contributed by atoms with E-state index in [0.717, 1.165) is 22.2 Å². The Balaban J connectivity index is 1.53. The van der Waals surface area contributed by atoms with Gasteiger partial charge in [0.05, 0.1) is 0 Å². The highest BCUT2D eigenvalue weighted by atomic mass is 35.5. The summed E-state index contributed by atoms with van der Waals surface area (Å²) in [7, 11) is 0. The number of hydrogen-bond donors (Lipinski definition) is 3. The maximum absolute atomic E-state index is 12.8. The summed E-state index contributed by atoms with van der Waals surface area (Å²) in [4.78, 5) is 17.6. The Kier molecular flexibility index (Phi) is 3.93. The van der Waals surface area contributed by atoms with Crippen LogP contribution in [0.4, 0.5) is 13.2 Å². The van der Waals surface area contributed by atoms with Gasteiger partial charge in [-0.3, -0.25) is 4.79 Å². The van der Waals surface area contributed by atoms with Crippen molar-refractivity contribution in [1.29, 1.82) is 0 Å². The number of nitrogens with one attached hydrogen (secondary N) is 3. The number of H-pyrrole nitrogens is 1. The van der Waals surface area contributed by atoms with E-state index in [0.29, 0.717) is 24.5 Å². The van der Waals surface area contributed by atoms with Crippen LogP contribution in [0.25, 0.3) is 10.9 Å². The highest BCUT2D eigenvalue weighted by Crippen LogP contribution is 2.31. The smallest absolute Gasteiger partial charge is 0.358 e. The van der Waals surface area contributed by atoms with Crippen LogP contribution in [0.2, 0.25) is 5.02 Å². The van der Waals surface area contributed by atoms with Crippen molar-refractivity contribution in [2.45, 2.75) is 37.6 Å². The van der Waals surface area contributed by atoms with Crippen LogP contribution in [-0.4, -0.2) is 40.6 Å². The summed E-state index contributed by atoms with van der Waals surface area (Å²) in [6.07, 6.45) is -4.04. The van der Waals surface area contributed by atoms with Crippen LogP contribution < -0.4 is 10.9 Å². The summed E-state index contributed by atoms with van der Waals surface area (Å²) in [5.41, 5.74) is 7.63. The maximum atomic E-state index is 12.8. The lowest BCUT2D eigenvalue weighted by Crippen LogP contribution is -2.47. The Morgan fingerprint density at radius 3 is 2.80 bits per heavy atom. The number of aromatic amines is 1. The van der Waals surface area contributed by atoms with E-state index in [4.69, 9.17) is 11.6 Å². The van der Waals surface area contributed by atoms with Gasteiger partial charge >= 0.3 is 6.18 Å². The number of hydrazine groups is 1. The van der Waals surface area contributed by atoms with Crippen LogP contribution in [0, 0.1) is 0 Å². The maximum Gasteiger partial charge on any atom is 0.405 e. The molecule has 3 N–H and O–H groups in total. The molecule has 3 heterocycles. The summed E-state index contributed by atoms with van der Waals surface area (Å²) in [5, 5.41) is 1.55. The number of halogens is 4. The molecule has 0 radical (unpaired) electrons. The minimum absolute atomic E-state index is 0.300. The quantitative estimate of drug-likeness (QED) is 0.721. The zero-order chi connectivity index (χ0) is 17.8. The molecule has 2 aromatic rings. The molecule has 5 nitrogen and oxygen atoms in total. The van der Waals surface area contributed by atoms with Gasteiger partial charge in [0.25, 0.3) is 0 Å². The molecule has 0 bridgehead atoms. The lowest BCUT2D eigenvalue weighted by Gasteiger charge is -2.29. The zero-order valence-corrected chi connectivity index (χ0v) is 13.8. The van der Waals surface area contributed by atoms with Crippen LogP contribution >= 0.6 is 11.6 Å². The third kappa shape index (κ3) is 2.98. The first kappa shape index (κ1) is 16.7. The van der Waals surface area contributed by atoms with Gasteiger partial charge in [0.15, 0.2) is 0 Å². The van der Waals surface area contributed by atoms with E-state index in [-0.39, 0.29) is 12.3 Å². The van der Waals surface area contributed by atoms with E-state index in [2.05, 4.69) is 15.8 Å². The van der Waals surface area contributed by atoms with Crippen molar-refractivity contribution in [3.05, 3.63) is 34.5 Å². The highest BCUT2D eigenvalue weighted by molar-refractivity contribution is 6.31. The minimum atomic E-state index is -4.37. The molecule has 25 heavy (non-hydrogen) atoms. The molecule has 1 saturated heterocycles.